The number of hydrogen-bond donors (Lipinski definition) is 1. The third-order valence-electron chi connectivity index (χ3n) is 5.40. The third kappa shape index (κ3) is 9.72. The van der Waals surface area contributed by atoms with E-state index in [0.29, 0.717) is 62.1 Å². The number of nitrogens with zero attached hydrogens (tertiary/aromatic N) is 4. The molecule has 0 radical (unpaired) electrons. The predicted molar refractivity (Wildman–Crippen MR) is 139 cm³/mol. The Hall–Kier alpha value is -4.15. The zero-order valence-corrected chi connectivity index (χ0v) is 22.0. The molecule has 1 heterocycles. The van der Waals surface area contributed by atoms with Crippen molar-refractivity contribution in [2.45, 2.75) is 39.2 Å². The zero-order valence-electron chi connectivity index (χ0n) is 22.0. The Kier molecular flexibility index (Phi) is 10.0. The second-order valence-electron chi connectivity index (χ2n) is 9.67. The van der Waals surface area contributed by atoms with Gasteiger partial charge in [-0.3, -0.25) is 9.59 Å². The molecule has 1 fully saturated rings. The first kappa shape index (κ1) is 28.4. The minimum absolute atomic E-state index is 0.0706. The van der Waals surface area contributed by atoms with E-state index in [-0.39, 0.29) is 25.0 Å². The van der Waals surface area contributed by atoms with Gasteiger partial charge in [-0.1, -0.05) is 0 Å². The first-order valence-corrected chi connectivity index (χ1v) is 12.4. The smallest absolute Gasteiger partial charge is 0.410 e. The van der Waals surface area contributed by atoms with Crippen LogP contribution in [0.25, 0.3) is 0 Å². The highest BCUT2D eigenvalue weighted by molar-refractivity contribution is 5.78. The molecule has 2 aromatic rings. The topological polar surface area (TPSA) is 130 Å². The number of carbonyl (C=O) groups excluding carboxylic acids is 2. The number of carboxylic acids is 1. The first-order valence-electron chi connectivity index (χ1n) is 12.4. The molecule has 2 aromatic carbocycles. The fourth-order valence-electron chi connectivity index (χ4n) is 3.45. The first-order chi connectivity index (χ1) is 18.1. The van der Waals surface area contributed by atoms with E-state index in [1.54, 1.807) is 58.3 Å². The molecule has 1 aliphatic rings. The van der Waals surface area contributed by atoms with Gasteiger partial charge >= 0.3 is 12.1 Å². The molecule has 0 aliphatic carbocycles. The lowest BCUT2D eigenvalue weighted by Crippen LogP contribution is -2.52. The highest BCUT2D eigenvalue weighted by atomic mass is 16.6. The predicted octanol–water partition coefficient (Wildman–Crippen LogP) is 4.80. The standard InChI is InChI=1S/C27H34N4O7/c1-27(2,3)38-26(35)31-16-14-30(15-17-31)24(32)19-37-23-12-8-21(9-13-23)29-28-20-6-10-22(11-7-20)36-18-4-5-25(33)34/h6-13H,4-5,14-19H2,1-3H3,(H,33,34). The molecule has 11 nitrogen and oxygen atoms in total. The van der Waals surface area contributed by atoms with Gasteiger partial charge in [0.2, 0.25) is 0 Å². The van der Waals surface area contributed by atoms with Crippen LogP contribution in [0.1, 0.15) is 33.6 Å². The summed E-state index contributed by atoms with van der Waals surface area (Å²) >= 11 is 0. The number of hydrogen-bond acceptors (Lipinski definition) is 8. The van der Waals surface area contributed by atoms with Crippen molar-refractivity contribution >= 4 is 29.3 Å². The van der Waals surface area contributed by atoms with Gasteiger partial charge in [0.05, 0.1) is 18.0 Å². The normalized spacial score (nSPS) is 13.9. The highest BCUT2D eigenvalue weighted by Crippen LogP contribution is 2.23. The average Bonchev–Trinajstić information content (AvgIpc) is 2.89. The van der Waals surface area contributed by atoms with Crippen LogP contribution >= 0.6 is 0 Å². The number of carbonyl (C=O) groups is 3. The van der Waals surface area contributed by atoms with Crippen LogP contribution in [-0.2, 0) is 14.3 Å². The van der Waals surface area contributed by atoms with Crippen molar-refractivity contribution in [2.24, 2.45) is 10.2 Å². The molecule has 3 rings (SSSR count). The minimum atomic E-state index is -0.843. The van der Waals surface area contributed by atoms with E-state index in [9.17, 15) is 14.4 Å². The lowest BCUT2D eigenvalue weighted by Gasteiger charge is -2.35. The number of rotatable bonds is 10. The van der Waals surface area contributed by atoms with Crippen LogP contribution in [0, 0.1) is 0 Å². The Labute approximate surface area is 222 Å². The summed E-state index contributed by atoms with van der Waals surface area (Å²) in [5.41, 5.74) is 0.707. The van der Waals surface area contributed by atoms with Crippen molar-refractivity contribution in [3.8, 4) is 11.5 Å². The second kappa shape index (κ2) is 13.4. The highest BCUT2D eigenvalue weighted by Gasteiger charge is 2.27. The van der Waals surface area contributed by atoms with Crippen LogP contribution in [0.15, 0.2) is 58.8 Å². The molecule has 1 N–H and O–H groups in total. The number of ether oxygens (including phenoxy) is 3. The molecule has 0 aromatic heterocycles. The van der Waals surface area contributed by atoms with E-state index in [2.05, 4.69) is 10.2 Å². The third-order valence-corrected chi connectivity index (χ3v) is 5.40. The summed E-state index contributed by atoms with van der Waals surface area (Å²) in [7, 11) is 0. The lowest BCUT2D eigenvalue weighted by atomic mass is 10.2. The summed E-state index contributed by atoms with van der Waals surface area (Å²) in [6.07, 6.45) is 0.146. The van der Waals surface area contributed by atoms with Crippen molar-refractivity contribution in [1.82, 2.24) is 9.80 Å². The van der Waals surface area contributed by atoms with E-state index in [1.807, 2.05) is 20.8 Å². The summed E-state index contributed by atoms with van der Waals surface area (Å²) in [6, 6.07) is 13.9. The molecule has 1 saturated heterocycles. The second-order valence-corrected chi connectivity index (χ2v) is 9.67. The fourth-order valence-corrected chi connectivity index (χ4v) is 3.45. The van der Waals surface area contributed by atoms with Gasteiger partial charge in [0.15, 0.2) is 6.61 Å². The number of amides is 2. The molecule has 38 heavy (non-hydrogen) atoms. The average molecular weight is 527 g/mol. The van der Waals surface area contributed by atoms with Gasteiger partial charge in [-0.05, 0) is 75.7 Å². The van der Waals surface area contributed by atoms with Crippen LogP contribution < -0.4 is 9.47 Å². The Bertz CT molecular complexity index is 1100. The van der Waals surface area contributed by atoms with Crippen LogP contribution in [0.5, 0.6) is 11.5 Å². The van der Waals surface area contributed by atoms with Gasteiger partial charge in [-0.15, -0.1) is 0 Å². The monoisotopic (exact) mass is 526 g/mol. The van der Waals surface area contributed by atoms with Gasteiger partial charge in [-0.2, -0.15) is 10.2 Å². The number of carboxylic acid groups (broad SMARTS) is 1. The molecular weight excluding hydrogens is 492 g/mol. The van der Waals surface area contributed by atoms with Crippen LogP contribution in [0.4, 0.5) is 16.2 Å². The number of azo groups is 1. The molecule has 1 aliphatic heterocycles. The molecule has 2 amide bonds. The van der Waals surface area contributed by atoms with Gasteiger partial charge in [0.25, 0.3) is 5.91 Å². The molecule has 0 unspecified atom stereocenters. The van der Waals surface area contributed by atoms with Crippen molar-refractivity contribution in [3.63, 3.8) is 0 Å². The fraction of sp³-hybridized carbons (Fsp3) is 0.444. The molecule has 0 atom stereocenters. The Morgan fingerprint density at radius 2 is 1.32 bits per heavy atom. The Morgan fingerprint density at radius 1 is 0.816 bits per heavy atom. The molecule has 11 heteroatoms. The van der Waals surface area contributed by atoms with E-state index in [0.717, 1.165) is 0 Å². The maximum absolute atomic E-state index is 12.5. The van der Waals surface area contributed by atoms with Crippen molar-refractivity contribution < 1.29 is 33.7 Å². The maximum atomic E-state index is 12.5. The number of aliphatic carboxylic acids is 1. The quantitative estimate of drug-likeness (QED) is 0.347. The van der Waals surface area contributed by atoms with Crippen LogP contribution in [0.2, 0.25) is 0 Å². The van der Waals surface area contributed by atoms with E-state index >= 15 is 0 Å². The summed E-state index contributed by atoms with van der Waals surface area (Å²) in [5.74, 6) is 0.181. The van der Waals surface area contributed by atoms with E-state index in [4.69, 9.17) is 19.3 Å². The SMILES string of the molecule is CC(C)(C)OC(=O)N1CCN(C(=O)COc2ccc(N=Nc3ccc(OCCCC(=O)O)cc3)cc2)CC1. The van der Waals surface area contributed by atoms with Crippen molar-refractivity contribution in [2.75, 3.05) is 39.4 Å². The maximum Gasteiger partial charge on any atom is 0.410 e. The van der Waals surface area contributed by atoms with E-state index < -0.39 is 11.6 Å². The zero-order chi connectivity index (χ0) is 27.5. The van der Waals surface area contributed by atoms with Crippen molar-refractivity contribution in [1.29, 1.82) is 0 Å². The summed E-state index contributed by atoms with van der Waals surface area (Å²) in [4.78, 5) is 38.5. The lowest BCUT2D eigenvalue weighted by molar-refractivity contribution is -0.137. The number of piperazine rings is 1. The Morgan fingerprint density at radius 3 is 1.82 bits per heavy atom. The molecular formula is C27H34N4O7. The number of benzene rings is 2. The molecule has 0 bridgehead atoms. The van der Waals surface area contributed by atoms with Crippen molar-refractivity contribution in [3.05, 3.63) is 48.5 Å². The minimum Gasteiger partial charge on any atom is -0.494 e. The summed E-state index contributed by atoms with van der Waals surface area (Å²) in [5, 5.41) is 17.0. The molecule has 0 spiro atoms. The van der Waals surface area contributed by atoms with Gasteiger partial charge < -0.3 is 29.1 Å². The summed E-state index contributed by atoms with van der Waals surface area (Å²) < 4.78 is 16.5. The van der Waals surface area contributed by atoms with Gasteiger partial charge in [0, 0.05) is 32.6 Å². The summed E-state index contributed by atoms with van der Waals surface area (Å²) in [6.45, 7) is 7.40. The van der Waals surface area contributed by atoms with E-state index in [1.165, 1.54) is 0 Å². The van der Waals surface area contributed by atoms with Gasteiger partial charge in [-0.25, -0.2) is 4.79 Å². The van der Waals surface area contributed by atoms with Crippen LogP contribution in [-0.4, -0.2) is 77.9 Å². The largest absolute Gasteiger partial charge is 0.494 e. The van der Waals surface area contributed by atoms with Gasteiger partial charge in [0.1, 0.15) is 17.1 Å². The molecule has 0 saturated carbocycles. The molecule has 204 valence electrons. The van der Waals surface area contributed by atoms with Crippen LogP contribution in [0.3, 0.4) is 0 Å². The Balaban J connectivity index is 1.39.